The molecule has 108 valence electrons. The number of benzene rings is 1. The zero-order valence-corrected chi connectivity index (χ0v) is 11.6. The summed E-state index contributed by atoms with van der Waals surface area (Å²) < 4.78 is 31.8. The zero-order chi connectivity index (χ0) is 14.9. The molecule has 0 N–H and O–H groups in total. The Hall–Kier alpha value is -1.63. The molecule has 1 amide bonds. The van der Waals surface area contributed by atoms with Crippen LogP contribution >= 0.6 is 12.6 Å². The minimum Gasteiger partial charge on any atom is -0.465 e. The molecule has 0 spiro atoms. The summed E-state index contributed by atoms with van der Waals surface area (Å²) in [4.78, 5) is 24.5. The van der Waals surface area contributed by atoms with E-state index in [-0.39, 0.29) is 23.9 Å². The first kappa shape index (κ1) is 14.8. The third-order valence-corrected chi connectivity index (χ3v) is 3.71. The largest absolute Gasteiger partial charge is 0.465 e. The molecule has 1 unspecified atom stereocenters. The fourth-order valence-electron chi connectivity index (χ4n) is 2.15. The smallest absolute Gasteiger partial charge is 0.340 e. The summed E-state index contributed by atoms with van der Waals surface area (Å²) in [6, 6.07) is 1.60. The van der Waals surface area contributed by atoms with E-state index >= 15 is 0 Å². The van der Waals surface area contributed by atoms with Gasteiger partial charge in [0.05, 0.1) is 18.4 Å². The molecule has 0 aromatic heterocycles. The third-order valence-electron chi connectivity index (χ3n) is 3.20. The van der Waals surface area contributed by atoms with Gasteiger partial charge in [0, 0.05) is 19.0 Å². The summed E-state index contributed by atoms with van der Waals surface area (Å²) in [6.07, 6.45) is 0.258. The maximum absolute atomic E-state index is 13.8. The maximum atomic E-state index is 13.8. The van der Waals surface area contributed by atoms with E-state index in [0.29, 0.717) is 18.4 Å². The van der Waals surface area contributed by atoms with Gasteiger partial charge in [-0.15, -0.1) is 0 Å². The van der Waals surface area contributed by atoms with Gasteiger partial charge in [0.15, 0.2) is 0 Å². The molecule has 2 rings (SSSR count). The topological polar surface area (TPSA) is 46.6 Å². The van der Waals surface area contributed by atoms with E-state index in [1.807, 2.05) is 0 Å². The van der Waals surface area contributed by atoms with Crippen LogP contribution in [0.2, 0.25) is 0 Å². The lowest BCUT2D eigenvalue weighted by Crippen LogP contribution is -2.26. The van der Waals surface area contributed by atoms with Crippen LogP contribution in [0.4, 0.5) is 14.5 Å². The number of ether oxygens (including phenoxy) is 1. The number of hydrogen-bond donors (Lipinski definition) is 1. The molecular weight excluding hydrogens is 288 g/mol. The maximum Gasteiger partial charge on any atom is 0.340 e. The first-order chi connectivity index (χ1) is 9.47. The molecule has 0 bridgehead atoms. The molecule has 1 fully saturated rings. The van der Waals surface area contributed by atoms with Crippen LogP contribution in [0.15, 0.2) is 12.1 Å². The Morgan fingerprint density at radius 2 is 2.15 bits per heavy atom. The van der Waals surface area contributed by atoms with Crippen LogP contribution in [0.25, 0.3) is 0 Å². The second-order valence-electron chi connectivity index (χ2n) is 4.53. The Bertz CT molecular complexity index is 565. The van der Waals surface area contributed by atoms with E-state index < -0.39 is 23.2 Å². The number of amides is 1. The normalized spacial score (nSPS) is 18.5. The van der Waals surface area contributed by atoms with Gasteiger partial charge in [0.2, 0.25) is 5.91 Å². The van der Waals surface area contributed by atoms with Crippen LogP contribution in [-0.2, 0) is 9.53 Å². The number of methoxy groups -OCH3 is 1. The monoisotopic (exact) mass is 301 g/mol. The van der Waals surface area contributed by atoms with E-state index in [4.69, 9.17) is 0 Å². The van der Waals surface area contributed by atoms with Crippen molar-refractivity contribution in [2.24, 2.45) is 5.92 Å². The summed E-state index contributed by atoms with van der Waals surface area (Å²) in [7, 11) is 1.10. The van der Waals surface area contributed by atoms with Gasteiger partial charge in [-0.1, -0.05) is 0 Å². The van der Waals surface area contributed by atoms with Crippen molar-refractivity contribution in [1.29, 1.82) is 0 Å². The van der Waals surface area contributed by atoms with Gasteiger partial charge in [0.1, 0.15) is 11.6 Å². The Balaban J connectivity index is 2.42. The molecule has 20 heavy (non-hydrogen) atoms. The minimum absolute atomic E-state index is 0.0110. The Kier molecular flexibility index (Phi) is 4.27. The van der Waals surface area contributed by atoms with Crippen molar-refractivity contribution in [2.45, 2.75) is 6.42 Å². The molecule has 1 aromatic rings. The Morgan fingerprint density at radius 1 is 1.45 bits per heavy atom. The van der Waals surface area contributed by atoms with Crippen LogP contribution in [0.1, 0.15) is 16.8 Å². The number of rotatable bonds is 3. The van der Waals surface area contributed by atoms with Crippen molar-refractivity contribution in [3.8, 4) is 0 Å². The van der Waals surface area contributed by atoms with Gasteiger partial charge >= 0.3 is 5.97 Å². The fourth-order valence-corrected chi connectivity index (χ4v) is 2.39. The summed E-state index contributed by atoms with van der Waals surface area (Å²) >= 11 is 4.11. The number of carbonyl (C=O) groups is 2. The van der Waals surface area contributed by atoms with Crippen molar-refractivity contribution < 1.29 is 23.1 Å². The summed E-state index contributed by atoms with van der Waals surface area (Å²) in [5, 5.41) is 0. The van der Waals surface area contributed by atoms with Crippen molar-refractivity contribution in [1.82, 2.24) is 0 Å². The highest BCUT2D eigenvalue weighted by molar-refractivity contribution is 7.80. The van der Waals surface area contributed by atoms with Crippen LogP contribution in [0.3, 0.4) is 0 Å². The lowest BCUT2D eigenvalue weighted by molar-refractivity contribution is -0.117. The standard InChI is InChI=1S/C13H13F2NO3S/c1-19-13(18)8-3-11(10(15)4-9(8)14)16-5-7(6-20)2-12(16)17/h3-4,7,20H,2,5-6H2,1H3. The molecule has 1 aliphatic rings. The predicted octanol–water partition coefficient (Wildman–Crippen LogP) is 2.03. The summed E-state index contributed by atoms with van der Waals surface area (Å²) in [5.41, 5.74) is -0.507. The number of hydrogen-bond acceptors (Lipinski definition) is 4. The van der Waals surface area contributed by atoms with Gasteiger partial charge in [0.25, 0.3) is 0 Å². The molecule has 1 atom stereocenters. The number of anilines is 1. The average Bonchev–Trinajstić information content (AvgIpc) is 2.79. The first-order valence-corrected chi connectivity index (χ1v) is 6.59. The van der Waals surface area contributed by atoms with Crippen LogP contribution in [0, 0.1) is 17.6 Å². The molecule has 0 radical (unpaired) electrons. The number of carbonyl (C=O) groups excluding carboxylic acids is 2. The van der Waals surface area contributed by atoms with Gasteiger partial charge in [-0.25, -0.2) is 13.6 Å². The van der Waals surface area contributed by atoms with Crippen LogP contribution in [-0.4, -0.2) is 31.3 Å². The minimum atomic E-state index is -1.02. The fraction of sp³-hybridized carbons (Fsp3) is 0.385. The second kappa shape index (κ2) is 5.78. The van der Waals surface area contributed by atoms with E-state index in [1.165, 1.54) is 4.90 Å². The number of thiol groups is 1. The lowest BCUT2D eigenvalue weighted by atomic mass is 10.1. The van der Waals surface area contributed by atoms with Crippen molar-refractivity contribution >= 4 is 30.2 Å². The van der Waals surface area contributed by atoms with E-state index in [1.54, 1.807) is 0 Å². The third kappa shape index (κ3) is 2.63. The predicted molar refractivity (Wildman–Crippen MR) is 72.0 cm³/mol. The number of halogens is 2. The second-order valence-corrected chi connectivity index (χ2v) is 4.90. The molecule has 4 nitrogen and oxygen atoms in total. The SMILES string of the molecule is COC(=O)c1cc(N2CC(CS)CC2=O)c(F)cc1F. The lowest BCUT2D eigenvalue weighted by Gasteiger charge is -2.18. The first-order valence-electron chi connectivity index (χ1n) is 5.96. The molecule has 0 saturated carbocycles. The highest BCUT2D eigenvalue weighted by Crippen LogP contribution is 2.30. The number of nitrogens with zero attached hydrogens (tertiary/aromatic N) is 1. The molecule has 1 saturated heterocycles. The highest BCUT2D eigenvalue weighted by Gasteiger charge is 2.32. The Morgan fingerprint density at radius 3 is 2.70 bits per heavy atom. The summed E-state index contributed by atoms with van der Waals surface area (Å²) in [5.74, 6) is -2.59. The molecule has 1 aromatic carbocycles. The zero-order valence-electron chi connectivity index (χ0n) is 10.7. The van der Waals surface area contributed by atoms with Gasteiger partial charge in [-0.3, -0.25) is 4.79 Å². The van der Waals surface area contributed by atoms with E-state index in [2.05, 4.69) is 17.4 Å². The Labute approximate surface area is 120 Å². The van der Waals surface area contributed by atoms with Gasteiger partial charge in [-0.05, 0) is 17.7 Å². The molecule has 0 aliphatic carbocycles. The van der Waals surface area contributed by atoms with Crippen molar-refractivity contribution in [3.63, 3.8) is 0 Å². The molecule has 1 heterocycles. The molecular formula is C13H13F2NO3S. The summed E-state index contributed by atoms with van der Waals surface area (Å²) in [6.45, 7) is 0.297. The van der Waals surface area contributed by atoms with Crippen molar-refractivity contribution in [2.75, 3.05) is 24.3 Å². The highest BCUT2D eigenvalue weighted by atomic mass is 32.1. The van der Waals surface area contributed by atoms with Crippen LogP contribution in [0.5, 0.6) is 0 Å². The molecule has 1 aliphatic heterocycles. The van der Waals surface area contributed by atoms with Gasteiger partial charge < -0.3 is 9.64 Å². The van der Waals surface area contributed by atoms with E-state index in [9.17, 15) is 18.4 Å². The quantitative estimate of drug-likeness (QED) is 0.686. The van der Waals surface area contributed by atoms with Crippen LogP contribution < -0.4 is 4.90 Å². The van der Waals surface area contributed by atoms with E-state index in [0.717, 1.165) is 13.2 Å². The van der Waals surface area contributed by atoms with Crippen molar-refractivity contribution in [3.05, 3.63) is 29.3 Å². The molecule has 7 heteroatoms. The average molecular weight is 301 g/mol. The van der Waals surface area contributed by atoms with Gasteiger partial charge in [-0.2, -0.15) is 12.6 Å². The number of esters is 1.